The van der Waals surface area contributed by atoms with Gasteiger partial charge in [-0.25, -0.2) is 13.2 Å². The quantitative estimate of drug-likeness (QED) is 0.570. The monoisotopic (exact) mass is 451 g/mol. The Kier molecular flexibility index (Phi) is 5.30. The van der Waals surface area contributed by atoms with E-state index in [9.17, 15) is 13.2 Å². The lowest BCUT2D eigenvalue weighted by molar-refractivity contribution is 0.0600. The number of benzene rings is 2. The van der Waals surface area contributed by atoms with Crippen molar-refractivity contribution >= 4 is 55.9 Å². The fraction of sp³-hybridized carbons (Fsp3) is 0.0714. The van der Waals surface area contributed by atoms with Gasteiger partial charge in [-0.2, -0.15) is 0 Å². The van der Waals surface area contributed by atoms with Crippen molar-refractivity contribution in [3.63, 3.8) is 0 Å². The molecule has 0 aliphatic rings. The van der Waals surface area contributed by atoms with Crippen molar-refractivity contribution in [2.45, 2.75) is 4.90 Å². The van der Waals surface area contributed by atoms with Gasteiger partial charge in [0.15, 0.2) is 0 Å². The van der Waals surface area contributed by atoms with E-state index < -0.39 is 16.0 Å². The zero-order valence-corrected chi connectivity index (χ0v) is 15.1. The van der Waals surface area contributed by atoms with Gasteiger partial charge in [-0.05, 0) is 65.1 Å². The van der Waals surface area contributed by atoms with Crippen molar-refractivity contribution in [1.82, 2.24) is 0 Å². The van der Waals surface area contributed by atoms with Crippen molar-refractivity contribution in [2.24, 2.45) is 0 Å². The van der Waals surface area contributed by atoms with Gasteiger partial charge in [0.05, 0.1) is 17.7 Å². The topological polar surface area (TPSA) is 72.5 Å². The molecule has 0 radical (unpaired) electrons. The molecule has 0 saturated carbocycles. The summed E-state index contributed by atoms with van der Waals surface area (Å²) in [6.07, 6.45) is 0. The highest BCUT2D eigenvalue weighted by molar-refractivity contribution is 14.1. The fourth-order valence-corrected chi connectivity index (χ4v) is 3.63. The molecule has 22 heavy (non-hydrogen) atoms. The maximum Gasteiger partial charge on any atom is 0.337 e. The van der Waals surface area contributed by atoms with E-state index in [4.69, 9.17) is 11.6 Å². The predicted octanol–water partition coefficient (Wildman–Crippen LogP) is 3.53. The third-order valence-electron chi connectivity index (χ3n) is 2.74. The minimum absolute atomic E-state index is 0.0191. The Hall–Kier alpha value is -1.32. The molecule has 0 heterocycles. The van der Waals surface area contributed by atoms with Crippen LogP contribution in [0.25, 0.3) is 0 Å². The molecule has 0 amide bonds. The van der Waals surface area contributed by atoms with Gasteiger partial charge in [-0.3, -0.25) is 4.72 Å². The summed E-state index contributed by atoms with van der Waals surface area (Å²) in [6.45, 7) is 0. The molecule has 8 heteroatoms. The Morgan fingerprint density at radius 3 is 2.41 bits per heavy atom. The zero-order valence-electron chi connectivity index (χ0n) is 11.3. The van der Waals surface area contributed by atoms with Gasteiger partial charge in [0.2, 0.25) is 0 Å². The molecule has 0 aliphatic heterocycles. The van der Waals surface area contributed by atoms with Crippen LogP contribution in [-0.4, -0.2) is 21.5 Å². The number of hydrogen-bond donors (Lipinski definition) is 1. The van der Waals surface area contributed by atoms with E-state index in [-0.39, 0.29) is 15.5 Å². The van der Waals surface area contributed by atoms with Crippen LogP contribution in [-0.2, 0) is 14.8 Å². The number of ether oxygens (including phenoxy) is 1. The Morgan fingerprint density at radius 2 is 1.82 bits per heavy atom. The van der Waals surface area contributed by atoms with Crippen molar-refractivity contribution in [3.05, 3.63) is 56.6 Å². The number of esters is 1. The van der Waals surface area contributed by atoms with Gasteiger partial charge in [0.25, 0.3) is 10.0 Å². The van der Waals surface area contributed by atoms with Crippen LogP contribution in [0.2, 0.25) is 5.02 Å². The molecule has 0 atom stereocenters. The number of hydrogen-bond acceptors (Lipinski definition) is 4. The normalized spacial score (nSPS) is 11.0. The SMILES string of the molecule is COC(=O)c1ccc(Cl)c(S(=O)(=O)Nc2ccc(I)cc2)c1. The number of nitrogens with one attached hydrogen (secondary N) is 1. The molecule has 0 aromatic heterocycles. The van der Waals surface area contributed by atoms with Gasteiger partial charge < -0.3 is 4.74 Å². The first-order valence-corrected chi connectivity index (χ1v) is 8.94. The first kappa shape index (κ1) is 17.0. The summed E-state index contributed by atoms with van der Waals surface area (Å²) in [5.41, 5.74) is 0.509. The average molecular weight is 452 g/mol. The van der Waals surface area contributed by atoms with E-state index in [1.165, 1.54) is 25.3 Å². The van der Waals surface area contributed by atoms with Crippen molar-refractivity contribution < 1.29 is 17.9 Å². The van der Waals surface area contributed by atoms with E-state index in [1.54, 1.807) is 24.3 Å². The molecule has 0 bridgehead atoms. The minimum Gasteiger partial charge on any atom is -0.465 e. The predicted molar refractivity (Wildman–Crippen MR) is 92.8 cm³/mol. The van der Waals surface area contributed by atoms with E-state index in [0.717, 1.165) is 3.57 Å². The molecule has 0 spiro atoms. The average Bonchev–Trinajstić information content (AvgIpc) is 2.49. The largest absolute Gasteiger partial charge is 0.465 e. The number of methoxy groups -OCH3 is 1. The second kappa shape index (κ2) is 6.84. The minimum atomic E-state index is -3.91. The first-order chi connectivity index (χ1) is 10.3. The lowest BCUT2D eigenvalue weighted by Gasteiger charge is -2.10. The van der Waals surface area contributed by atoms with Crippen LogP contribution in [0.15, 0.2) is 47.4 Å². The van der Waals surface area contributed by atoms with E-state index in [2.05, 4.69) is 32.0 Å². The second-order valence-corrected chi connectivity index (χ2v) is 7.55. The highest BCUT2D eigenvalue weighted by Crippen LogP contribution is 2.25. The smallest absolute Gasteiger partial charge is 0.337 e. The molecule has 116 valence electrons. The molecule has 0 unspecified atom stereocenters. The standard InChI is InChI=1S/C14H11ClINO4S/c1-21-14(18)9-2-7-12(15)13(8-9)22(19,20)17-11-5-3-10(16)4-6-11/h2-8,17H,1H3. The maximum absolute atomic E-state index is 12.4. The van der Waals surface area contributed by atoms with Crippen LogP contribution in [0, 0.1) is 3.57 Å². The number of carbonyl (C=O) groups is 1. The number of carbonyl (C=O) groups excluding carboxylic acids is 1. The molecular formula is C14H11ClINO4S. The lowest BCUT2D eigenvalue weighted by Crippen LogP contribution is -2.14. The van der Waals surface area contributed by atoms with Crippen LogP contribution in [0.4, 0.5) is 5.69 Å². The summed E-state index contributed by atoms with van der Waals surface area (Å²) in [7, 11) is -2.70. The molecule has 2 rings (SSSR count). The molecule has 0 fully saturated rings. The third kappa shape index (κ3) is 3.90. The van der Waals surface area contributed by atoms with Crippen LogP contribution in [0.3, 0.4) is 0 Å². The summed E-state index contributed by atoms with van der Waals surface area (Å²) in [6, 6.07) is 10.7. The molecule has 0 aliphatic carbocycles. The zero-order chi connectivity index (χ0) is 16.3. The summed E-state index contributed by atoms with van der Waals surface area (Å²) in [4.78, 5) is 11.3. The highest BCUT2D eigenvalue weighted by Gasteiger charge is 2.20. The Labute approximate surface area is 146 Å². The fourth-order valence-electron chi connectivity index (χ4n) is 1.68. The van der Waals surface area contributed by atoms with Crippen molar-refractivity contribution in [3.8, 4) is 0 Å². The van der Waals surface area contributed by atoms with E-state index >= 15 is 0 Å². The molecule has 2 aromatic rings. The van der Waals surface area contributed by atoms with Gasteiger partial charge in [-0.1, -0.05) is 11.6 Å². The first-order valence-electron chi connectivity index (χ1n) is 6.00. The van der Waals surface area contributed by atoms with E-state index in [1.807, 2.05) is 0 Å². The molecule has 0 saturated heterocycles. The molecule has 5 nitrogen and oxygen atoms in total. The summed E-state index contributed by atoms with van der Waals surface area (Å²) in [5.74, 6) is -0.637. The maximum atomic E-state index is 12.4. The third-order valence-corrected chi connectivity index (χ3v) is 5.32. The van der Waals surface area contributed by atoms with E-state index in [0.29, 0.717) is 5.69 Å². The van der Waals surface area contributed by atoms with Crippen LogP contribution in [0.1, 0.15) is 10.4 Å². The highest BCUT2D eigenvalue weighted by atomic mass is 127. The number of halogens is 2. The number of anilines is 1. The van der Waals surface area contributed by atoms with Gasteiger partial charge in [0.1, 0.15) is 4.90 Å². The Balaban J connectivity index is 2.40. The van der Waals surface area contributed by atoms with Crippen LogP contribution >= 0.6 is 34.2 Å². The summed E-state index contributed by atoms with van der Waals surface area (Å²) >= 11 is 8.06. The Morgan fingerprint density at radius 1 is 1.18 bits per heavy atom. The summed E-state index contributed by atoms with van der Waals surface area (Å²) in [5, 5.41) is 0.0191. The molecule has 2 aromatic carbocycles. The lowest BCUT2D eigenvalue weighted by atomic mass is 10.2. The van der Waals surface area contributed by atoms with Crippen molar-refractivity contribution in [2.75, 3.05) is 11.8 Å². The van der Waals surface area contributed by atoms with Gasteiger partial charge >= 0.3 is 5.97 Å². The summed E-state index contributed by atoms with van der Waals surface area (Å²) < 4.78 is 32.8. The number of sulfonamides is 1. The molecular weight excluding hydrogens is 441 g/mol. The van der Waals surface area contributed by atoms with Crippen LogP contribution in [0.5, 0.6) is 0 Å². The number of rotatable bonds is 4. The van der Waals surface area contributed by atoms with Gasteiger partial charge in [-0.15, -0.1) is 0 Å². The van der Waals surface area contributed by atoms with Crippen LogP contribution < -0.4 is 4.72 Å². The molecule has 1 N–H and O–H groups in total. The Bertz CT molecular complexity index is 806. The van der Waals surface area contributed by atoms with Crippen molar-refractivity contribution in [1.29, 1.82) is 0 Å². The van der Waals surface area contributed by atoms with Gasteiger partial charge in [0, 0.05) is 9.26 Å². The second-order valence-electron chi connectivity index (χ2n) is 4.25.